The van der Waals surface area contributed by atoms with Gasteiger partial charge in [0.05, 0.1) is 5.69 Å². The standard InChI is InChI=1S/C16H18ClNO2/c1-5-12-9(2)8-15(19)18(16(12)20)14-7-10(3)13(17)6-11(14)4/h6-8,20H,5H2,1-4H3. The summed E-state index contributed by atoms with van der Waals surface area (Å²) in [6, 6.07) is 5.19. The van der Waals surface area contributed by atoms with Gasteiger partial charge in [-0.3, -0.25) is 4.79 Å². The Kier molecular flexibility index (Phi) is 3.91. The number of aryl methyl sites for hydroxylation is 3. The normalized spacial score (nSPS) is 10.8. The van der Waals surface area contributed by atoms with E-state index in [0.29, 0.717) is 17.1 Å². The number of hydrogen-bond donors (Lipinski definition) is 1. The largest absolute Gasteiger partial charge is 0.494 e. The van der Waals surface area contributed by atoms with Gasteiger partial charge >= 0.3 is 0 Å². The molecule has 1 N–H and O–H groups in total. The molecule has 0 saturated heterocycles. The van der Waals surface area contributed by atoms with Crippen LogP contribution in [0.1, 0.15) is 29.2 Å². The summed E-state index contributed by atoms with van der Waals surface area (Å²) in [4.78, 5) is 12.2. The molecule has 3 nitrogen and oxygen atoms in total. The molecule has 0 aliphatic heterocycles. The smallest absolute Gasteiger partial charge is 0.258 e. The van der Waals surface area contributed by atoms with Crippen LogP contribution in [0.5, 0.6) is 5.88 Å². The Morgan fingerprint density at radius 3 is 2.35 bits per heavy atom. The van der Waals surface area contributed by atoms with Crippen molar-refractivity contribution in [1.29, 1.82) is 0 Å². The SMILES string of the molecule is CCc1c(C)cc(=O)n(-c2cc(C)c(Cl)cc2C)c1O. The van der Waals surface area contributed by atoms with E-state index in [1.807, 2.05) is 39.8 Å². The fourth-order valence-corrected chi connectivity index (χ4v) is 2.65. The molecule has 0 fully saturated rings. The lowest BCUT2D eigenvalue weighted by Crippen LogP contribution is -2.20. The topological polar surface area (TPSA) is 42.2 Å². The van der Waals surface area contributed by atoms with Crippen molar-refractivity contribution in [2.24, 2.45) is 0 Å². The Morgan fingerprint density at radius 2 is 1.75 bits per heavy atom. The number of hydrogen-bond acceptors (Lipinski definition) is 2. The Balaban J connectivity index is 2.83. The predicted molar refractivity (Wildman–Crippen MR) is 82.3 cm³/mol. The highest BCUT2D eigenvalue weighted by Gasteiger charge is 2.15. The summed E-state index contributed by atoms with van der Waals surface area (Å²) in [5.41, 5.74) is 3.76. The van der Waals surface area contributed by atoms with Crippen molar-refractivity contribution >= 4 is 11.6 Å². The van der Waals surface area contributed by atoms with Crippen molar-refractivity contribution in [3.05, 3.63) is 55.8 Å². The Labute approximate surface area is 123 Å². The van der Waals surface area contributed by atoms with Gasteiger partial charge in [-0.15, -0.1) is 0 Å². The number of rotatable bonds is 2. The van der Waals surface area contributed by atoms with Gasteiger partial charge in [-0.05, 0) is 56.0 Å². The van der Waals surface area contributed by atoms with Gasteiger partial charge in [0, 0.05) is 16.7 Å². The van der Waals surface area contributed by atoms with Gasteiger partial charge in [0.25, 0.3) is 5.56 Å². The molecule has 0 aliphatic carbocycles. The molecule has 0 atom stereocenters. The second kappa shape index (κ2) is 5.33. The Bertz CT molecular complexity index is 732. The summed E-state index contributed by atoms with van der Waals surface area (Å²) in [6.07, 6.45) is 0.670. The van der Waals surface area contributed by atoms with E-state index < -0.39 is 0 Å². The minimum absolute atomic E-state index is 0.0160. The van der Waals surface area contributed by atoms with Crippen molar-refractivity contribution in [3.63, 3.8) is 0 Å². The van der Waals surface area contributed by atoms with Crippen LogP contribution in [-0.2, 0) is 6.42 Å². The third-order valence-corrected chi connectivity index (χ3v) is 4.00. The summed E-state index contributed by atoms with van der Waals surface area (Å²) in [5, 5.41) is 11.1. The first-order valence-corrected chi connectivity index (χ1v) is 6.96. The second-order valence-corrected chi connectivity index (χ2v) is 5.45. The van der Waals surface area contributed by atoms with Crippen LogP contribution in [0.15, 0.2) is 23.0 Å². The van der Waals surface area contributed by atoms with Crippen LogP contribution in [-0.4, -0.2) is 9.67 Å². The molecule has 4 heteroatoms. The predicted octanol–water partition coefficient (Wildman–Crippen LogP) is 3.68. The number of aromatic hydroxyl groups is 1. The molecule has 0 unspecified atom stereocenters. The van der Waals surface area contributed by atoms with E-state index >= 15 is 0 Å². The second-order valence-electron chi connectivity index (χ2n) is 5.04. The Hall–Kier alpha value is -1.74. The molecule has 2 rings (SSSR count). The van der Waals surface area contributed by atoms with Gasteiger partial charge in [0.1, 0.15) is 0 Å². The molecule has 20 heavy (non-hydrogen) atoms. The van der Waals surface area contributed by atoms with Crippen molar-refractivity contribution in [2.45, 2.75) is 34.1 Å². The summed E-state index contributed by atoms with van der Waals surface area (Å²) in [6.45, 7) is 7.54. The maximum absolute atomic E-state index is 12.2. The van der Waals surface area contributed by atoms with E-state index in [0.717, 1.165) is 22.3 Å². The molecule has 2 aromatic rings. The monoisotopic (exact) mass is 291 g/mol. The van der Waals surface area contributed by atoms with Crippen LogP contribution in [0.25, 0.3) is 5.69 Å². The van der Waals surface area contributed by atoms with E-state index in [1.165, 1.54) is 4.57 Å². The van der Waals surface area contributed by atoms with Crippen LogP contribution in [0.3, 0.4) is 0 Å². The molecule has 1 aromatic carbocycles. The van der Waals surface area contributed by atoms with Crippen LogP contribution in [0.4, 0.5) is 0 Å². The van der Waals surface area contributed by atoms with E-state index in [1.54, 1.807) is 6.07 Å². The molecule has 0 amide bonds. The van der Waals surface area contributed by atoms with Gasteiger partial charge in [-0.25, -0.2) is 4.57 Å². The van der Waals surface area contributed by atoms with Crippen molar-refractivity contribution in [3.8, 4) is 11.6 Å². The summed E-state index contributed by atoms with van der Waals surface area (Å²) in [7, 11) is 0. The van der Waals surface area contributed by atoms with Crippen LogP contribution in [0.2, 0.25) is 5.02 Å². The summed E-state index contributed by atoms with van der Waals surface area (Å²) in [5.74, 6) is 0.0160. The lowest BCUT2D eigenvalue weighted by Gasteiger charge is -2.16. The minimum atomic E-state index is -0.234. The first kappa shape index (κ1) is 14.7. The first-order chi connectivity index (χ1) is 9.36. The van der Waals surface area contributed by atoms with Crippen molar-refractivity contribution in [1.82, 2.24) is 4.57 Å². The van der Waals surface area contributed by atoms with Crippen LogP contribution in [0, 0.1) is 20.8 Å². The van der Waals surface area contributed by atoms with E-state index in [2.05, 4.69) is 0 Å². The molecule has 1 heterocycles. The zero-order chi connectivity index (χ0) is 15.0. The molecule has 0 radical (unpaired) electrons. The summed E-state index contributed by atoms with van der Waals surface area (Å²) < 4.78 is 1.35. The quantitative estimate of drug-likeness (QED) is 0.917. The Morgan fingerprint density at radius 1 is 1.10 bits per heavy atom. The lowest BCUT2D eigenvalue weighted by atomic mass is 10.1. The highest BCUT2D eigenvalue weighted by Crippen LogP contribution is 2.27. The highest BCUT2D eigenvalue weighted by molar-refractivity contribution is 6.31. The fraction of sp³-hybridized carbons (Fsp3) is 0.312. The van der Waals surface area contributed by atoms with Gasteiger partial charge in [-0.1, -0.05) is 18.5 Å². The molecular formula is C16H18ClNO2. The number of benzene rings is 1. The molecule has 106 valence electrons. The molecule has 0 spiro atoms. The van der Waals surface area contributed by atoms with E-state index in [9.17, 15) is 9.90 Å². The maximum Gasteiger partial charge on any atom is 0.258 e. The first-order valence-electron chi connectivity index (χ1n) is 6.58. The lowest BCUT2D eigenvalue weighted by molar-refractivity contribution is 0.427. The molecule has 0 aliphatic rings. The van der Waals surface area contributed by atoms with Gasteiger partial charge < -0.3 is 5.11 Å². The average Bonchev–Trinajstić information content (AvgIpc) is 2.35. The fourth-order valence-electron chi connectivity index (χ4n) is 2.43. The minimum Gasteiger partial charge on any atom is -0.494 e. The maximum atomic E-state index is 12.2. The average molecular weight is 292 g/mol. The van der Waals surface area contributed by atoms with E-state index in [4.69, 9.17) is 11.6 Å². The van der Waals surface area contributed by atoms with E-state index in [-0.39, 0.29) is 11.4 Å². The van der Waals surface area contributed by atoms with Crippen LogP contribution >= 0.6 is 11.6 Å². The molecular weight excluding hydrogens is 274 g/mol. The number of nitrogens with zero attached hydrogens (tertiary/aromatic N) is 1. The third kappa shape index (κ3) is 2.34. The molecule has 0 bridgehead atoms. The van der Waals surface area contributed by atoms with Gasteiger partial charge in [0.2, 0.25) is 5.88 Å². The van der Waals surface area contributed by atoms with Gasteiger partial charge in [-0.2, -0.15) is 0 Å². The van der Waals surface area contributed by atoms with Crippen molar-refractivity contribution in [2.75, 3.05) is 0 Å². The third-order valence-electron chi connectivity index (χ3n) is 3.59. The molecule has 1 aromatic heterocycles. The number of aromatic nitrogens is 1. The highest BCUT2D eigenvalue weighted by atomic mass is 35.5. The zero-order valence-corrected chi connectivity index (χ0v) is 12.9. The van der Waals surface area contributed by atoms with Crippen LogP contribution < -0.4 is 5.56 Å². The van der Waals surface area contributed by atoms with Crippen molar-refractivity contribution < 1.29 is 5.11 Å². The summed E-state index contributed by atoms with van der Waals surface area (Å²) >= 11 is 6.09. The zero-order valence-electron chi connectivity index (χ0n) is 12.1. The molecule has 0 saturated carbocycles. The number of halogens is 1. The van der Waals surface area contributed by atoms with Gasteiger partial charge in [0.15, 0.2) is 0 Å². The number of pyridine rings is 1.